The van der Waals surface area contributed by atoms with E-state index in [9.17, 15) is 12.8 Å². The zero-order chi connectivity index (χ0) is 14.6. The van der Waals surface area contributed by atoms with Crippen LogP contribution in [0.3, 0.4) is 0 Å². The molecule has 1 aromatic rings. The van der Waals surface area contributed by atoms with Gasteiger partial charge in [-0.05, 0) is 31.5 Å². The molecule has 1 unspecified atom stereocenters. The summed E-state index contributed by atoms with van der Waals surface area (Å²) in [4.78, 5) is 0.0895. The standard InChI is InChI=1S/C13H19ClFNO2S/c1-4-10(3)16(5-2)19(17,18)12-6-7-13(15)11(8-12)9-14/h6-8,10H,4-5,9H2,1-3H3. The van der Waals surface area contributed by atoms with E-state index in [0.717, 1.165) is 12.5 Å². The van der Waals surface area contributed by atoms with Gasteiger partial charge >= 0.3 is 0 Å². The van der Waals surface area contributed by atoms with E-state index in [2.05, 4.69) is 0 Å². The Morgan fingerprint density at radius 1 is 1.37 bits per heavy atom. The van der Waals surface area contributed by atoms with Gasteiger partial charge in [0.05, 0.1) is 10.8 Å². The maximum Gasteiger partial charge on any atom is 0.243 e. The average molecular weight is 308 g/mol. The highest BCUT2D eigenvalue weighted by Crippen LogP contribution is 2.22. The number of hydrogen-bond acceptors (Lipinski definition) is 2. The summed E-state index contributed by atoms with van der Waals surface area (Å²) in [6.45, 7) is 5.95. The highest BCUT2D eigenvalue weighted by Gasteiger charge is 2.27. The van der Waals surface area contributed by atoms with Crippen molar-refractivity contribution in [3.63, 3.8) is 0 Å². The molecule has 0 radical (unpaired) electrons. The minimum Gasteiger partial charge on any atom is -0.207 e. The van der Waals surface area contributed by atoms with E-state index in [1.165, 1.54) is 16.4 Å². The molecule has 6 heteroatoms. The lowest BCUT2D eigenvalue weighted by Gasteiger charge is -2.26. The Kier molecular flexibility index (Phi) is 5.77. The maximum atomic E-state index is 13.4. The van der Waals surface area contributed by atoms with Gasteiger partial charge < -0.3 is 0 Å². The predicted molar refractivity (Wildman–Crippen MR) is 75.3 cm³/mol. The molecule has 3 nitrogen and oxygen atoms in total. The molecule has 0 bridgehead atoms. The number of halogens is 2. The summed E-state index contributed by atoms with van der Waals surface area (Å²) in [6.07, 6.45) is 0.719. The summed E-state index contributed by atoms with van der Waals surface area (Å²) in [5, 5.41) is 0. The molecule has 108 valence electrons. The third-order valence-corrected chi connectivity index (χ3v) is 5.53. The van der Waals surface area contributed by atoms with E-state index in [-0.39, 0.29) is 22.4 Å². The number of benzene rings is 1. The van der Waals surface area contributed by atoms with Crippen molar-refractivity contribution in [1.82, 2.24) is 4.31 Å². The minimum absolute atomic E-state index is 0.0509. The summed E-state index contributed by atoms with van der Waals surface area (Å²) in [6, 6.07) is 3.64. The zero-order valence-corrected chi connectivity index (χ0v) is 12.9. The van der Waals surface area contributed by atoms with Gasteiger partial charge in [0.15, 0.2) is 0 Å². The quantitative estimate of drug-likeness (QED) is 0.756. The monoisotopic (exact) mass is 307 g/mol. The minimum atomic E-state index is -3.60. The van der Waals surface area contributed by atoms with Crippen molar-refractivity contribution in [2.24, 2.45) is 0 Å². The average Bonchev–Trinajstić information content (AvgIpc) is 2.39. The summed E-state index contributed by atoms with van der Waals surface area (Å²) in [5.41, 5.74) is 0.197. The first-order chi connectivity index (χ1) is 8.88. The molecule has 0 aromatic heterocycles. The first-order valence-corrected chi connectivity index (χ1v) is 8.22. The van der Waals surface area contributed by atoms with Crippen molar-refractivity contribution in [2.75, 3.05) is 6.54 Å². The van der Waals surface area contributed by atoms with E-state index >= 15 is 0 Å². The van der Waals surface area contributed by atoms with Crippen LogP contribution in [0.2, 0.25) is 0 Å². The largest absolute Gasteiger partial charge is 0.243 e. The molecule has 0 spiro atoms. The van der Waals surface area contributed by atoms with Crippen LogP contribution in [0.15, 0.2) is 23.1 Å². The Bertz CT molecular complexity index is 533. The summed E-state index contributed by atoms with van der Waals surface area (Å²) >= 11 is 5.61. The molecule has 0 aliphatic rings. The van der Waals surface area contributed by atoms with E-state index in [0.29, 0.717) is 6.54 Å². The molecule has 0 saturated heterocycles. The Hall–Kier alpha value is -0.650. The number of nitrogens with zero attached hydrogens (tertiary/aromatic N) is 1. The molecule has 0 aliphatic heterocycles. The Morgan fingerprint density at radius 2 is 2.00 bits per heavy atom. The number of alkyl halides is 1. The molecule has 0 aliphatic carbocycles. The van der Waals surface area contributed by atoms with Gasteiger partial charge in [0.2, 0.25) is 10.0 Å². The molecule has 0 N–H and O–H groups in total. The molecular formula is C13H19ClFNO2S. The van der Waals surface area contributed by atoms with Gasteiger partial charge in [0, 0.05) is 18.2 Å². The smallest absolute Gasteiger partial charge is 0.207 e. The summed E-state index contributed by atoms with van der Waals surface area (Å²) < 4.78 is 39.8. The van der Waals surface area contributed by atoms with Crippen molar-refractivity contribution in [3.05, 3.63) is 29.6 Å². The molecule has 0 saturated carbocycles. The SMILES string of the molecule is CCC(C)N(CC)S(=O)(=O)c1ccc(F)c(CCl)c1. The Labute approximate surface area is 119 Å². The van der Waals surface area contributed by atoms with Gasteiger partial charge in [-0.1, -0.05) is 13.8 Å². The highest BCUT2D eigenvalue weighted by molar-refractivity contribution is 7.89. The number of sulfonamides is 1. The first kappa shape index (κ1) is 16.4. The molecular weight excluding hydrogens is 289 g/mol. The maximum absolute atomic E-state index is 13.4. The summed E-state index contributed by atoms with van der Waals surface area (Å²) in [7, 11) is -3.60. The van der Waals surface area contributed by atoms with Crippen LogP contribution < -0.4 is 0 Å². The lowest BCUT2D eigenvalue weighted by Crippen LogP contribution is -2.38. The molecule has 0 heterocycles. The fraction of sp³-hybridized carbons (Fsp3) is 0.538. The zero-order valence-electron chi connectivity index (χ0n) is 11.4. The van der Waals surface area contributed by atoms with Crippen LogP contribution in [-0.4, -0.2) is 25.3 Å². The second kappa shape index (κ2) is 6.68. The van der Waals surface area contributed by atoms with Crippen LogP contribution in [0.25, 0.3) is 0 Å². The third-order valence-electron chi connectivity index (χ3n) is 3.16. The number of hydrogen-bond donors (Lipinski definition) is 0. The molecule has 0 amide bonds. The van der Waals surface area contributed by atoms with Crippen LogP contribution in [0.5, 0.6) is 0 Å². The highest BCUT2D eigenvalue weighted by atomic mass is 35.5. The molecule has 1 rings (SSSR count). The second-order valence-corrected chi connectivity index (χ2v) is 6.51. The van der Waals surface area contributed by atoms with Crippen LogP contribution in [-0.2, 0) is 15.9 Å². The van der Waals surface area contributed by atoms with Gasteiger partial charge in [-0.25, -0.2) is 12.8 Å². The number of rotatable bonds is 6. The van der Waals surface area contributed by atoms with Crippen LogP contribution in [0.1, 0.15) is 32.8 Å². The normalized spacial score (nSPS) is 13.8. The van der Waals surface area contributed by atoms with E-state index in [1.54, 1.807) is 6.92 Å². The predicted octanol–water partition coefficient (Wildman–Crippen LogP) is 3.37. The lowest BCUT2D eigenvalue weighted by atomic mass is 10.2. The van der Waals surface area contributed by atoms with Crippen molar-refractivity contribution in [1.29, 1.82) is 0 Å². The molecule has 0 fully saturated rings. The third kappa shape index (κ3) is 3.46. The molecule has 1 aromatic carbocycles. The van der Waals surface area contributed by atoms with Crippen molar-refractivity contribution in [3.8, 4) is 0 Å². The fourth-order valence-corrected chi connectivity index (χ4v) is 3.84. The van der Waals surface area contributed by atoms with Crippen LogP contribution >= 0.6 is 11.6 Å². The van der Waals surface area contributed by atoms with Gasteiger partial charge in [0.25, 0.3) is 0 Å². The van der Waals surface area contributed by atoms with Crippen LogP contribution in [0.4, 0.5) is 4.39 Å². The summed E-state index contributed by atoms with van der Waals surface area (Å²) in [5.74, 6) is -0.537. The van der Waals surface area contributed by atoms with Gasteiger partial charge in [-0.3, -0.25) is 0 Å². The molecule has 1 atom stereocenters. The lowest BCUT2D eigenvalue weighted by molar-refractivity contribution is 0.342. The van der Waals surface area contributed by atoms with Crippen molar-refractivity contribution >= 4 is 21.6 Å². The van der Waals surface area contributed by atoms with E-state index in [1.807, 2.05) is 13.8 Å². The second-order valence-electron chi connectivity index (χ2n) is 4.35. The van der Waals surface area contributed by atoms with Gasteiger partial charge in [0.1, 0.15) is 5.82 Å². The van der Waals surface area contributed by atoms with E-state index in [4.69, 9.17) is 11.6 Å². The topological polar surface area (TPSA) is 37.4 Å². The molecule has 19 heavy (non-hydrogen) atoms. The first-order valence-electron chi connectivity index (χ1n) is 6.24. The van der Waals surface area contributed by atoms with E-state index < -0.39 is 15.8 Å². The van der Waals surface area contributed by atoms with Gasteiger partial charge in [-0.2, -0.15) is 4.31 Å². The van der Waals surface area contributed by atoms with Crippen molar-refractivity contribution < 1.29 is 12.8 Å². The van der Waals surface area contributed by atoms with Gasteiger partial charge in [-0.15, -0.1) is 11.6 Å². The fourth-order valence-electron chi connectivity index (χ4n) is 1.87. The Balaban J connectivity index is 3.26. The van der Waals surface area contributed by atoms with Crippen molar-refractivity contribution in [2.45, 2.75) is 44.0 Å². The van der Waals surface area contributed by atoms with Crippen LogP contribution in [0, 0.1) is 5.82 Å². The Morgan fingerprint density at radius 3 is 2.47 bits per heavy atom.